The molecule has 2 aromatic rings. The van der Waals surface area contributed by atoms with Crippen LogP contribution >= 0.6 is 11.8 Å². The summed E-state index contributed by atoms with van der Waals surface area (Å²) in [6.45, 7) is 7.01. The molecule has 1 spiro atoms. The maximum atomic E-state index is 14.6. The van der Waals surface area contributed by atoms with Crippen LogP contribution in [0.1, 0.15) is 24.5 Å². The number of amides is 3. The number of hydrogen-bond acceptors (Lipinski definition) is 5. The topological polar surface area (TPSA) is 81.2 Å². The van der Waals surface area contributed by atoms with Gasteiger partial charge < -0.3 is 19.8 Å². The van der Waals surface area contributed by atoms with Crippen molar-refractivity contribution in [1.29, 1.82) is 0 Å². The van der Waals surface area contributed by atoms with Gasteiger partial charge >= 0.3 is 0 Å². The number of hydrogen-bond donors (Lipinski definition) is 1. The number of para-hydroxylation sites is 1. The molecule has 7 nitrogen and oxygen atoms in total. The van der Waals surface area contributed by atoms with E-state index in [1.54, 1.807) is 26.5 Å². The Hall–Kier alpha value is -3.36. The normalized spacial score (nSPS) is 31.2. The van der Waals surface area contributed by atoms with Crippen molar-refractivity contribution in [2.75, 3.05) is 36.0 Å². The van der Waals surface area contributed by atoms with E-state index < -0.39 is 27.4 Å². The highest BCUT2D eigenvalue weighted by atomic mass is 32.2. The smallest absolute Gasteiger partial charge is 0.251 e. The Kier molecular flexibility index (Phi) is 6.66. The first-order valence-corrected chi connectivity index (χ1v) is 14.8. The van der Waals surface area contributed by atoms with Crippen LogP contribution in [-0.4, -0.2) is 69.5 Å². The number of fused-ring (bicyclic) bond motifs is 2. The molecule has 0 bridgehead atoms. The first-order chi connectivity index (χ1) is 19.2. The number of rotatable bonds is 5. The average Bonchev–Trinajstić information content (AvgIpc) is 3.20. The van der Waals surface area contributed by atoms with Crippen molar-refractivity contribution in [3.05, 3.63) is 84.0 Å². The highest BCUT2D eigenvalue weighted by Crippen LogP contribution is 2.65. The minimum atomic E-state index is -0.908. The van der Waals surface area contributed by atoms with Gasteiger partial charge in [0.2, 0.25) is 11.8 Å². The van der Waals surface area contributed by atoms with Gasteiger partial charge in [-0.05, 0) is 56.5 Å². The van der Waals surface area contributed by atoms with E-state index in [4.69, 9.17) is 0 Å². The fourth-order valence-electron chi connectivity index (χ4n) is 7.07. The second kappa shape index (κ2) is 9.93. The molecule has 5 atom stereocenters. The number of anilines is 2. The molecule has 4 heterocycles. The predicted molar refractivity (Wildman–Crippen MR) is 158 cm³/mol. The Morgan fingerprint density at radius 3 is 2.38 bits per heavy atom. The van der Waals surface area contributed by atoms with Crippen LogP contribution in [0.25, 0.3) is 0 Å². The van der Waals surface area contributed by atoms with Crippen LogP contribution in [0.5, 0.6) is 0 Å². The molecule has 0 aliphatic carbocycles. The Morgan fingerprint density at radius 2 is 1.62 bits per heavy atom. The largest absolute Gasteiger partial charge is 0.396 e. The summed E-state index contributed by atoms with van der Waals surface area (Å²) in [6, 6.07) is 14.8. The molecule has 2 saturated heterocycles. The summed E-state index contributed by atoms with van der Waals surface area (Å²) in [5.41, 5.74) is 3.66. The number of likely N-dealkylation sites (tertiary alicyclic amines) is 1. The molecule has 0 saturated carbocycles. The quantitative estimate of drug-likeness (QED) is 0.565. The Morgan fingerprint density at radius 1 is 0.900 bits per heavy atom. The van der Waals surface area contributed by atoms with E-state index in [1.807, 2.05) is 87.5 Å². The third kappa shape index (κ3) is 3.95. The van der Waals surface area contributed by atoms with Gasteiger partial charge in [0.15, 0.2) is 0 Å². The van der Waals surface area contributed by atoms with Gasteiger partial charge in [-0.1, -0.05) is 54.6 Å². The molecule has 6 rings (SSSR count). The first kappa shape index (κ1) is 26.8. The zero-order valence-electron chi connectivity index (χ0n) is 23.1. The van der Waals surface area contributed by atoms with E-state index >= 15 is 0 Å². The molecule has 208 valence electrons. The predicted octanol–water partition coefficient (Wildman–Crippen LogP) is 3.88. The molecule has 0 radical (unpaired) electrons. The van der Waals surface area contributed by atoms with Gasteiger partial charge in [-0.2, -0.15) is 0 Å². The third-order valence-corrected chi connectivity index (χ3v) is 10.6. The van der Waals surface area contributed by atoms with E-state index in [0.29, 0.717) is 19.5 Å². The first-order valence-electron chi connectivity index (χ1n) is 13.9. The summed E-state index contributed by atoms with van der Waals surface area (Å²) in [4.78, 5) is 48.6. The van der Waals surface area contributed by atoms with Gasteiger partial charge in [0.1, 0.15) is 6.04 Å². The molecule has 1 unspecified atom stereocenters. The minimum Gasteiger partial charge on any atom is -0.396 e. The van der Waals surface area contributed by atoms with Crippen molar-refractivity contribution < 1.29 is 19.5 Å². The Balaban J connectivity index is 1.48. The van der Waals surface area contributed by atoms with Crippen molar-refractivity contribution >= 4 is 40.9 Å². The number of aryl methyl sites for hydroxylation is 2. The number of thioether (sulfide) groups is 1. The number of carbonyl (C=O) groups is 3. The summed E-state index contributed by atoms with van der Waals surface area (Å²) in [7, 11) is 0. The minimum absolute atomic E-state index is 0.0867. The van der Waals surface area contributed by atoms with E-state index in [9.17, 15) is 19.5 Å². The maximum absolute atomic E-state index is 14.6. The van der Waals surface area contributed by atoms with Crippen LogP contribution in [-0.2, 0) is 14.4 Å². The molecule has 2 fully saturated rings. The molecule has 4 aliphatic heterocycles. The summed E-state index contributed by atoms with van der Waals surface area (Å²) < 4.78 is -1.57. The lowest BCUT2D eigenvalue weighted by Crippen LogP contribution is -2.53. The lowest BCUT2D eigenvalue weighted by Gasteiger charge is -2.37. The second-order valence-corrected chi connectivity index (χ2v) is 13.2. The van der Waals surface area contributed by atoms with Gasteiger partial charge in [-0.3, -0.25) is 14.4 Å². The van der Waals surface area contributed by atoms with Crippen LogP contribution in [0.3, 0.4) is 0 Å². The fourth-order valence-corrected chi connectivity index (χ4v) is 9.23. The maximum Gasteiger partial charge on any atom is 0.251 e. The molecule has 2 aromatic carbocycles. The van der Waals surface area contributed by atoms with E-state index in [-0.39, 0.29) is 30.9 Å². The number of carbonyl (C=O) groups excluding carboxylic acids is 3. The van der Waals surface area contributed by atoms with Crippen LogP contribution in [0.4, 0.5) is 11.4 Å². The molecular formula is C32H35N3O4S. The second-order valence-electron chi connectivity index (χ2n) is 11.4. The van der Waals surface area contributed by atoms with Crippen molar-refractivity contribution in [3.63, 3.8) is 0 Å². The molecule has 40 heavy (non-hydrogen) atoms. The summed E-state index contributed by atoms with van der Waals surface area (Å²) in [6.07, 6.45) is 8.50. The monoisotopic (exact) mass is 557 g/mol. The molecule has 0 aromatic heterocycles. The van der Waals surface area contributed by atoms with Crippen LogP contribution in [0, 0.1) is 25.7 Å². The van der Waals surface area contributed by atoms with Gasteiger partial charge in [0.25, 0.3) is 5.91 Å². The zero-order chi connectivity index (χ0) is 28.2. The fraction of sp³-hybridized carbons (Fsp3) is 0.406. The number of benzene rings is 2. The molecular weight excluding hydrogens is 522 g/mol. The number of nitrogens with zero attached hydrogens (tertiary/aromatic N) is 3. The number of aliphatic hydroxyl groups is 1. The van der Waals surface area contributed by atoms with Crippen molar-refractivity contribution in [2.45, 2.75) is 42.7 Å². The van der Waals surface area contributed by atoms with Gasteiger partial charge in [0, 0.05) is 42.4 Å². The van der Waals surface area contributed by atoms with Crippen molar-refractivity contribution in [2.24, 2.45) is 11.8 Å². The third-order valence-electron chi connectivity index (χ3n) is 8.84. The van der Waals surface area contributed by atoms with E-state index in [2.05, 4.69) is 6.08 Å². The highest BCUT2D eigenvalue weighted by molar-refractivity contribution is 8.02. The van der Waals surface area contributed by atoms with Crippen LogP contribution < -0.4 is 9.80 Å². The highest BCUT2D eigenvalue weighted by Gasteiger charge is 2.74. The summed E-state index contributed by atoms with van der Waals surface area (Å²) in [5.74, 6) is -1.77. The van der Waals surface area contributed by atoms with Crippen molar-refractivity contribution in [3.8, 4) is 0 Å². The van der Waals surface area contributed by atoms with Gasteiger partial charge in [-0.25, -0.2) is 0 Å². The van der Waals surface area contributed by atoms with Gasteiger partial charge in [-0.15, -0.1) is 11.8 Å². The molecule has 3 amide bonds. The number of aliphatic hydroxyl groups excluding tert-OH is 1. The average molecular weight is 558 g/mol. The lowest BCUT2D eigenvalue weighted by molar-refractivity contribution is -0.139. The lowest BCUT2D eigenvalue weighted by atomic mass is 9.74. The zero-order valence-corrected chi connectivity index (χ0v) is 23.9. The van der Waals surface area contributed by atoms with E-state index in [0.717, 1.165) is 22.5 Å². The molecule has 1 N–H and O–H groups in total. The standard InChI is InChI=1S/C32H35N3O4S/c1-21-12-13-22(2)24(20-21)34-17-8-15-32-26(29(38)35(18-9-19-36)27(32)30(34)39)25-28(37)33(23-10-5-4-6-11-23)16-7-14-31(25,3)40-32/h4-8,10-15,20,25-27,36H,9,16-19H2,1-3H3/t25-,26+,27?,31+,32+/m1/s1. The van der Waals surface area contributed by atoms with Gasteiger partial charge in [0.05, 0.1) is 16.6 Å². The summed E-state index contributed by atoms with van der Waals surface area (Å²) in [5, 5.41) is 9.67. The van der Waals surface area contributed by atoms with Crippen molar-refractivity contribution in [1.82, 2.24) is 4.90 Å². The van der Waals surface area contributed by atoms with Crippen LogP contribution in [0.2, 0.25) is 0 Å². The van der Waals surface area contributed by atoms with E-state index in [1.165, 1.54) is 0 Å². The molecule has 8 heteroatoms. The SMILES string of the molecule is Cc1ccc(C)c(N2CC=C[C@]34S[C@@]5(C)C=CCN(c6ccccc6)C(=O)[C@H]5[C@H]3C(=O)N(CCCO)C4C2=O)c1. The van der Waals surface area contributed by atoms with Crippen LogP contribution in [0.15, 0.2) is 72.8 Å². The Labute approximate surface area is 239 Å². The molecule has 4 aliphatic rings. The Bertz CT molecular complexity index is 1420. The summed E-state index contributed by atoms with van der Waals surface area (Å²) >= 11 is 1.58.